The number of benzene rings is 1. The number of aromatic nitrogens is 1. The fourth-order valence-electron chi connectivity index (χ4n) is 3.58. The summed E-state index contributed by atoms with van der Waals surface area (Å²) in [6, 6.07) is 11.3. The normalized spacial score (nSPS) is 10.6. The SMILES string of the molecule is CCCCCCCCCCCCCCOc1cccc(N)c1/C=C/CC(=O)O.c1ccncc1. The zero-order chi connectivity index (χ0) is 24.7. The maximum Gasteiger partial charge on any atom is 0.307 e. The Morgan fingerprint density at radius 2 is 1.47 bits per heavy atom. The van der Waals surface area contributed by atoms with Crippen LogP contribution in [0.25, 0.3) is 6.08 Å². The Hall–Kier alpha value is -2.82. The second kappa shape index (κ2) is 20.8. The first-order chi connectivity index (χ1) is 16.6. The Morgan fingerprint density at radius 3 is 1.97 bits per heavy atom. The Bertz CT molecular complexity index is 751. The van der Waals surface area contributed by atoms with Gasteiger partial charge in [0.05, 0.1) is 13.0 Å². The van der Waals surface area contributed by atoms with Crippen LogP contribution in [0.5, 0.6) is 5.75 Å². The molecule has 0 aliphatic carbocycles. The fraction of sp³-hybridized carbons (Fsp3) is 0.517. The second-order valence-corrected chi connectivity index (χ2v) is 8.52. The number of nitrogens with zero attached hydrogens (tertiary/aromatic N) is 1. The van der Waals surface area contributed by atoms with E-state index in [1.165, 1.54) is 70.6 Å². The molecule has 0 amide bonds. The number of aliphatic carboxylic acids is 1. The minimum Gasteiger partial charge on any atom is -0.493 e. The van der Waals surface area contributed by atoms with E-state index in [9.17, 15) is 4.79 Å². The summed E-state index contributed by atoms with van der Waals surface area (Å²) < 4.78 is 5.89. The molecule has 0 bridgehead atoms. The summed E-state index contributed by atoms with van der Waals surface area (Å²) in [5.74, 6) is -0.130. The fourth-order valence-corrected chi connectivity index (χ4v) is 3.58. The van der Waals surface area contributed by atoms with Gasteiger partial charge in [0.25, 0.3) is 0 Å². The highest BCUT2D eigenvalue weighted by Gasteiger charge is 2.05. The predicted molar refractivity (Wildman–Crippen MR) is 143 cm³/mol. The number of rotatable bonds is 17. The van der Waals surface area contributed by atoms with Crippen molar-refractivity contribution in [1.82, 2.24) is 4.98 Å². The molecule has 2 aromatic rings. The van der Waals surface area contributed by atoms with Crippen molar-refractivity contribution in [1.29, 1.82) is 0 Å². The zero-order valence-corrected chi connectivity index (χ0v) is 21.0. The molecule has 0 saturated carbocycles. The van der Waals surface area contributed by atoms with Crippen molar-refractivity contribution >= 4 is 17.7 Å². The zero-order valence-electron chi connectivity index (χ0n) is 21.0. The van der Waals surface area contributed by atoms with Crippen molar-refractivity contribution in [2.75, 3.05) is 12.3 Å². The third-order valence-electron chi connectivity index (χ3n) is 5.50. The van der Waals surface area contributed by atoms with Gasteiger partial charge in [0.1, 0.15) is 5.75 Å². The second-order valence-electron chi connectivity index (χ2n) is 8.52. The Kier molecular flexibility index (Phi) is 17.8. The van der Waals surface area contributed by atoms with Crippen molar-refractivity contribution < 1.29 is 14.6 Å². The highest BCUT2D eigenvalue weighted by molar-refractivity contribution is 5.74. The first-order valence-electron chi connectivity index (χ1n) is 12.9. The molecule has 0 unspecified atom stereocenters. The van der Waals surface area contributed by atoms with Crippen LogP contribution in [0.4, 0.5) is 5.69 Å². The molecule has 0 aliphatic heterocycles. The molecule has 0 fully saturated rings. The van der Waals surface area contributed by atoms with Crippen LogP contribution < -0.4 is 10.5 Å². The number of hydrogen-bond acceptors (Lipinski definition) is 4. The number of nitrogen functional groups attached to an aromatic ring is 1. The first-order valence-corrected chi connectivity index (χ1v) is 12.9. The topological polar surface area (TPSA) is 85.4 Å². The molecule has 5 nitrogen and oxygen atoms in total. The average molecular weight is 469 g/mol. The number of pyridine rings is 1. The van der Waals surface area contributed by atoms with Crippen LogP contribution in [0.1, 0.15) is 96.0 Å². The van der Waals surface area contributed by atoms with Crippen molar-refractivity contribution in [3.63, 3.8) is 0 Å². The van der Waals surface area contributed by atoms with Crippen molar-refractivity contribution in [3.8, 4) is 5.75 Å². The number of nitrogens with two attached hydrogens (primary N) is 1. The van der Waals surface area contributed by atoms with Crippen LogP contribution >= 0.6 is 0 Å². The molecule has 34 heavy (non-hydrogen) atoms. The maximum absolute atomic E-state index is 10.7. The number of unbranched alkanes of at least 4 members (excludes halogenated alkanes) is 11. The minimum absolute atomic E-state index is 0.0213. The third kappa shape index (κ3) is 15.9. The smallest absolute Gasteiger partial charge is 0.307 e. The molecule has 1 heterocycles. The summed E-state index contributed by atoms with van der Waals surface area (Å²) in [7, 11) is 0. The van der Waals surface area contributed by atoms with Gasteiger partial charge in [0.15, 0.2) is 0 Å². The summed E-state index contributed by atoms with van der Waals surface area (Å²) in [5, 5.41) is 8.75. The van der Waals surface area contributed by atoms with E-state index in [1.54, 1.807) is 30.6 Å². The lowest BCUT2D eigenvalue weighted by molar-refractivity contribution is -0.135. The lowest BCUT2D eigenvalue weighted by Crippen LogP contribution is -2.01. The summed E-state index contributed by atoms with van der Waals surface area (Å²) in [6.45, 7) is 2.93. The minimum atomic E-state index is -0.857. The Balaban J connectivity index is 0.000000830. The van der Waals surface area contributed by atoms with E-state index in [1.807, 2.05) is 30.3 Å². The van der Waals surface area contributed by atoms with Crippen LogP contribution in [-0.2, 0) is 4.79 Å². The van der Waals surface area contributed by atoms with Gasteiger partial charge in [0.2, 0.25) is 0 Å². The van der Waals surface area contributed by atoms with Crippen LogP contribution in [0.15, 0.2) is 54.9 Å². The molecule has 5 heteroatoms. The molecule has 0 spiro atoms. The van der Waals surface area contributed by atoms with E-state index in [4.69, 9.17) is 15.6 Å². The van der Waals surface area contributed by atoms with Crippen LogP contribution in [0, 0.1) is 0 Å². The standard InChI is InChI=1S/C24H39NO3.C5H5N/c1-2-3-4-5-6-7-8-9-10-11-12-13-20-28-23-18-15-17-22(25)21(23)16-14-19-24(26)27;1-2-4-6-5-3-1/h14-18H,2-13,19-20,25H2,1H3,(H,26,27);1-5H/b16-14+;. The van der Waals surface area contributed by atoms with Crippen molar-refractivity contribution in [2.45, 2.75) is 90.4 Å². The van der Waals surface area contributed by atoms with E-state index >= 15 is 0 Å². The molecule has 2 rings (SSSR count). The number of carbonyl (C=O) groups is 1. The molecule has 1 aromatic heterocycles. The van der Waals surface area contributed by atoms with Crippen molar-refractivity contribution in [2.24, 2.45) is 0 Å². The largest absolute Gasteiger partial charge is 0.493 e. The van der Waals surface area contributed by atoms with Gasteiger partial charge >= 0.3 is 5.97 Å². The highest BCUT2D eigenvalue weighted by Crippen LogP contribution is 2.26. The highest BCUT2D eigenvalue weighted by atomic mass is 16.5. The quantitative estimate of drug-likeness (QED) is 0.182. The van der Waals surface area contributed by atoms with E-state index in [-0.39, 0.29) is 6.42 Å². The van der Waals surface area contributed by atoms with E-state index < -0.39 is 5.97 Å². The Labute approximate surface area is 206 Å². The van der Waals surface area contributed by atoms with Gasteiger partial charge in [-0.2, -0.15) is 0 Å². The van der Waals surface area contributed by atoms with Gasteiger partial charge in [-0.1, -0.05) is 102 Å². The molecule has 0 atom stereocenters. The lowest BCUT2D eigenvalue weighted by atomic mass is 10.1. The van der Waals surface area contributed by atoms with Gasteiger partial charge in [-0.25, -0.2) is 0 Å². The summed E-state index contributed by atoms with van der Waals surface area (Å²) in [6.07, 6.45) is 22.6. The van der Waals surface area contributed by atoms with Gasteiger partial charge < -0.3 is 15.6 Å². The number of anilines is 1. The molecular weight excluding hydrogens is 424 g/mol. The third-order valence-corrected chi connectivity index (χ3v) is 5.50. The molecule has 188 valence electrons. The predicted octanol–water partition coefficient (Wildman–Crippen LogP) is 7.92. The molecular formula is C29H44N2O3. The summed E-state index contributed by atoms with van der Waals surface area (Å²) >= 11 is 0. The van der Waals surface area contributed by atoms with Crippen molar-refractivity contribution in [3.05, 3.63) is 60.4 Å². The monoisotopic (exact) mass is 468 g/mol. The molecule has 1 aromatic carbocycles. The number of hydrogen-bond donors (Lipinski definition) is 2. The molecule has 0 saturated heterocycles. The first kappa shape index (κ1) is 29.2. The lowest BCUT2D eigenvalue weighted by Gasteiger charge is -2.11. The average Bonchev–Trinajstić information content (AvgIpc) is 2.85. The van der Waals surface area contributed by atoms with Gasteiger partial charge in [0, 0.05) is 23.6 Å². The maximum atomic E-state index is 10.7. The van der Waals surface area contributed by atoms with Gasteiger partial charge in [-0.05, 0) is 30.7 Å². The number of carboxylic acids is 1. The summed E-state index contributed by atoms with van der Waals surface area (Å²) in [4.78, 5) is 14.4. The summed E-state index contributed by atoms with van der Waals surface area (Å²) in [5.41, 5.74) is 7.38. The van der Waals surface area contributed by atoms with E-state index in [2.05, 4.69) is 11.9 Å². The van der Waals surface area contributed by atoms with Crippen LogP contribution in [0.3, 0.4) is 0 Å². The Morgan fingerprint density at radius 1 is 0.882 bits per heavy atom. The van der Waals surface area contributed by atoms with Gasteiger partial charge in [-0.3, -0.25) is 9.78 Å². The van der Waals surface area contributed by atoms with Gasteiger partial charge in [-0.15, -0.1) is 0 Å². The number of ether oxygens (including phenoxy) is 1. The van der Waals surface area contributed by atoms with Crippen LogP contribution in [-0.4, -0.2) is 22.7 Å². The molecule has 0 radical (unpaired) electrons. The molecule has 3 N–H and O–H groups in total. The van der Waals surface area contributed by atoms with Crippen LogP contribution in [0.2, 0.25) is 0 Å². The van der Waals surface area contributed by atoms with E-state index in [0.29, 0.717) is 12.3 Å². The molecule has 0 aliphatic rings. The number of carboxylic acid groups (broad SMARTS) is 1. The van der Waals surface area contributed by atoms with E-state index in [0.717, 1.165) is 17.7 Å².